The fourth-order valence-electron chi connectivity index (χ4n) is 2.44. The Kier molecular flexibility index (Phi) is 4.80. The zero-order valence-electron chi connectivity index (χ0n) is 11.5. The molecule has 0 bridgehead atoms. The molecule has 0 amide bonds. The molecule has 1 aliphatic rings. The van der Waals surface area contributed by atoms with E-state index in [-0.39, 0.29) is 5.54 Å². The smallest absolute Gasteiger partial charge is 0.105 e. The number of nitrogens with one attached hydrogen (secondary N) is 2. The van der Waals surface area contributed by atoms with E-state index in [1.165, 1.54) is 0 Å². The van der Waals surface area contributed by atoms with E-state index >= 15 is 0 Å². The predicted molar refractivity (Wildman–Crippen MR) is 73.8 cm³/mol. The molecule has 2 heterocycles. The van der Waals surface area contributed by atoms with Crippen molar-refractivity contribution in [3.63, 3.8) is 0 Å². The van der Waals surface area contributed by atoms with Gasteiger partial charge >= 0.3 is 0 Å². The van der Waals surface area contributed by atoms with Gasteiger partial charge in [-0.1, -0.05) is 0 Å². The maximum Gasteiger partial charge on any atom is 0.105 e. The molecule has 1 aromatic rings. The molecule has 0 unspecified atom stereocenters. The molecule has 2 rings (SSSR count). The van der Waals surface area contributed by atoms with Gasteiger partial charge in [0.05, 0.1) is 6.26 Å². The molecule has 2 N–H and O–H groups in total. The summed E-state index contributed by atoms with van der Waals surface area (Å²) >= 11 is 0. The summed E-state index contributed by atoms with van der Waals surface area (Å²) in [6, 6.07) is 3.98. The van der Waals surface area contributed by atoms with Crippen LogP contribution in [0.3, 0.4) is 0 Å². The van der Waals surface area contributed by atoms with Crippen molar-refractivity contribution >= 4 is 0 Å². The van der Waals surface area contributed by atoms with Crippen molar-refractivity contribution in [2.45, 2.75) is 25.8 Å². The predicted octanol–water partition coefficient (Wildman–Crippen LogP) is 1.10. The Hall–Kier alpha value is -0.840. The lowest BCUT2D eigenvalue weighted by atomic mass is 10.0. The van der Waals surface area contributed by atoms with E-state index in [0.717, 1.165) is 51.4 Å². The number of hydrogen-bond donors (Lipinski definition) is 2. The standard InChI is InChI=1S/C14H25N3O/c1-14(2,17-9-7-15-8-10-17)12-16-6-5-13-4-3-11-18-13/h3-4,11,15-16H,5-10,12H2,1-2H3. The molecule has 0 atom stereocenters. The summed E-state index contributed by atoms with van der Waals surface area (Å²) in [5, 5.41) is 6.94. The first-order valence-electron chi connectivity index (χ1n) is 6.87. The molecule has 0 saturated carbocycles. The molecular formula is C14H25N3O. The Bertz CT molecular complexity index is 329. The monoisotopic (exact) mass is 251 g/mol. The highest BCUT2D eigenvalue weighted by Crippen LogP contribution is 2.13. The Morgan fingerprint density at radius 2 is 2.17 bits per heavy atom. The van der Waals surface area contributed by atoms with Gasteiger partial charge in [-0.05, 0) is 26.0 Å². The van der Waals surface area contributed by atoms with Crippen LogP contribution in [-0.4, -0.2) is 49.7 Å². The zero-order valence-corrected chi connectivity index (χ0v) is 11.5. The summed E-state index contributed by atoms with van der Waals surface area (Å²) in [4.78, 5) is 2.56. The quantitative estimate of drug-likeness (QED) is 0.743. The van der Waals surface area contributed by atoms with Gasteiger partial charge < -0.3 is 15.1 Å². The van der Waals surface area contributed by atoms with Crippen LogP contribution in [0.25, 0.3) is 0 Å². The van der Waals surface area contributed by atoms with Crippen LogP contribution < -0.4 is 10.6 Å². The highest BCUT2D eigenvalue weighted by Gasteiger charge is 2.27. The van der Waals surface area contributed by atoms with E-state index in [1.807, 2.05) is 12.1 Å². The average molecular weight is 251 g/mol. The van der Waals surface area contributed by atoms with E-state index in [2.05, 4.69) is 29.4 Å². The Balaban J connectivity index is 1.67. The molecule has 0 spiro atoms. The lowest BCUT2D eigenvalue weighted by Crippen LogP contribution is -2.57. The van der Waals surface area contributed by atoms with Crippen molar-refractivity contribution in [2.24, 2.45) is 0 Å². The molecule has 1 aliphatic heterocycles. The van der Waals surface area contributed by atoms with E-state index in [1.54, 1.807) is 6.26 Å². The highest BCUT2D eigenvalue weighted by molar-refractivity contribution is 4.98. The normalized spacial score (nSPS) is 18.1. The van der Waals surface area contributed by atoms with Crippen LogP contribution in [0.2, 0.25) is 0 Å². The molecule has 1 saturated heterocycles. The molecule has 4 nitrogen and oxygen atoms in total. The van der Waals surface area contributed by atoms with Gasteiger partial charge in [0.2, 0.25) is 0 Å². The van der Waals surface area contributed by atoms with E-state index in [4.69, 9.17) is 4.42 Å². The third-order valence-electron chi connectivity index (χ3n) is 3.66. The van der Waals surface area contributed by atoms with Crippen molar-refractivity contribution in [3.8, 4) is 0 Å². The van der Waals surface area contributed by atoms with Gasteiger partial charge in [-0.2, -0.15) is 0 Å². The van der Waals surface area contributed by atoms with Gasteiger partial charge in [-0.25, -0.2) is 0 Å². The van der Waals surface area contributed by atoms with Gasteiger partial charge in [-0.3, -0.25) is 4.90 Å². The van der Waals surface area contributed by atoms with Crippen molar-refractivity contribution in [3.05, 3.63) is 24.2 Å². The summed E-state index contributed by atoms with van der Waals surface area (Å²) in [5.74, 6) is 1.06. The first-order chi connectivity index (χ1) is 8.68. The molecule has 0 radical (unpaired) electrons. The van der Waals surface area contributed by atoms with Crippen LogP contribution in [0.4, 0.5) is 0 Å². The van der Waals surface area contributed by atoms with Crippen LogP contribution >= 0.6 is 0 Å². The second kappa shape index (κ2) is 6.36. The molecule has 0 aliphatic carbocycles. The number of nitrogens with zero attached hydrogens (tertiary/aromatic N) is 1. The van der Waals surface area contributed by atoms with Crippen LogP contribution in [0.5, 0.6) is 0 Å². The van der Waals surface area contributed by atoms with Gasteiger partial charge in [0.15, 0.2) is 0 Å². The SMILES string of the molecule is CC(C)(CNCCc1ccco1)N1CCNCC1. The van der Waals surface area contributed by atoms with Crippen molar-refractivity contribution in [2.75, 3.05) is 39.3 Å². The topological polar surface area (TPSA) is 40.4 Å². The molecule has 18 heavy (non-hydrogen) atoms. The van der Waals surface area contributed by atoms with Gasteiger partial charge in [0.1, 0.15) is 5.76 Å². The molecule has 1 fully saturated rings. The largest absolute Gasteiger partial charge is 0.469 e. The Labute approximate surface area is 110 Å². The zero-order chi connectivity index (χ0) is 12.8. The second-order valence-corrected chi connectivity index (χ2v) is 5.56. The van der Waals surface area contributed by atoms with Gasteiger partial charge in [0, 0.05) is 51.2 Å². The highest BCUT2D eigenvalue weighted by atomic mass is 16.3. The van der Waals surface area contributed by atoms with Crippen LogP contribution in [-0.2, 0) is 6.42 Å². The van der Waals surface area contributed by atoms with Crippen LogP contribution in [0.15, 0.2) is 22.8 Å². The minimum Gasteiger partial charge on any atom is -0.469 e. The summed E-state index contributed by atoms with van der Waals surface area (Å²) in [7, 11) is 0. The molecule has 102 valence electrons. The van der Waals surface area contributed by atoms with E-state index < -0.39 is 0 Å². The second-order valence-electron chi connectivity index (χ2n) is 5.56. The van der Waals surface area contributed by atoms with Crippen molar-refractivity contribution < 1.29 is 4.42 Å². The number of piperazine rings is 1. The Morgan fingerprint density at radius 1 is 1.39 bits per heavy atom. The van der Waals surface area contributed by atoms with Crippen LogP contribution in [0, 0.1) is 0 Å². The average Bonchev–Trinajstić information content (AvgIpc) is 2.89. The fourth-order valence-corrected chi connectivity index (χ4v) is 2.44. The number of rotatable bonds is 6. The molecule has 4 heteroatoms. The third-order valence-corrected chi connectivity index (χ3v) is 3.66. The maximum absolute atomic E-state index is 5.32. The molecule has 0 aromatic carbocycles. The van der Waals surface area contributed by atoms with E-state index in [9.17, 15) is 0 Å². The molecular weight excluding hydrogens is 226 g/mol. The number of furan rings is 1. The summed E-state index contributed by atoms with van der Waals surface area (Å²) < 4.78 is 5.32. The first-order valence-corrected chi connectivity index (χ1v) is 6.87. The lowest BCUT2D eigenvalue weighted by molar-refractivity contribution is 0.102. The van der Waals surface area contributed by atoms with E-state index in [0.29, 0.717) is 0 Å². The summed E-state index contributed by atoms with van der Waals surface area (Å²) in [6.45, 7) is 11.1. The van der Waals surface area contributed by atoms with Gasteiger partial charge in [-0.15, -0.1) is 0 Å². The van der Waals surface area contributed by atoms with Crippen LogP contribution in [0.1, 0.15) is 19.6 Å². The third kappa shape index (κ3) is 3.83. The van der Waals surface area contributed by atoms with Crippen molar-refractivity contribution in [1.82, 2.24) is 15.5 Å². The first kappa shape index (κ1) is 13.6. The number of hydrogen-bond acceptors (Lipinski definition) is 4. The minimum absolute atomic E-state index is 0.227. The van der Waals surface area contributed by atoms with Crippen molar-refractivity contribution in [1.29, 1.82) is 0 Å². The fraction of sp³-hybridized carbons (Fsp3) is 0.714. The maximum atomic E-state index is 5.32. The van der Waals surface area contributed by atoms with Gasteiger partial charge in [0.25, 0.3) is 0 Å². The molecule has 1 aromatic heterocycles. The minimum atomic E-state index is 0.227. The summed E-state index contributed by atoms with van der Waals surface area (Å²) in [5.41, 5.74) is 0.227. The summed E-state index contributed by atoms with van der Waals surface area (Å²) in [6.07, 6.45) is 2.70. The Morgan fingerprint density at radius 3 is 2.83 bits per heavy atom. The lowest BCUT2D eigenvalue weighted by Gasteiger charge is -2.41.